The molecule has 130 valence electrons. The average molecular weight is 413 g/mol. The third kappa shape index (κ3) is 3.32. The first-order valence-electron chi connectivity index (χ1n) is 7.24. The predicted octanol–water partition coefficient (Wildman–Crippen LogP) is 4.06. The van der Waals surface area contributed by atoms with Crippen LogP contribution in [0.15, 0.2) is 64.2 Å². The van der Waals surface area contributed by atoms with Gasteiger partial charge >= 0.3 is 6.18 Å². The first-order valence-corrected chi connectivity index (χ1v) is 8.04. The summed E-state index contributed by atoms with van der Waals surface area (Å²) in [4.78, 5) is 12.7. The molecule has 0 aliphatic carbocycles. The predicted molar refractivity (Wildman–Crippen MR) is 88.8 cm³/mol. The molecule has 1 aliphatic rings. The maximum absolute atomic E-state index is 13.1. The Balaban J connectivity index is 2.07. The van der Waals surface area contributed by atoms with Gasteiger partial charge in [-0.1, -0.05) is 46.3 Å². The van der Waals surface area contributed by atoms with Crippen molar-refractivity contribution in [3.05, 3.63) is 70.2 Å². The van der Waals surface area contributed by atoms with Crippen molar-refractivity contribution in [1.82, 2.24) is 5.01 Å². The molecule has 1 amide bonds. The maximum atomic E-state index is 13.1. The lowest BCUT2D eigenvalue weighted by Gasteiger charge is -2.31. The normalized spacial score (nSPS) is 20.5. The Bertz CT molecular complexity index is 822. The van der Waals surface area contributed by atoms with Crippen LogP contribution in [0.4, 0.5) is 13.2 Å². The van der Waals surface area contributed by atoms with Gasteiger partial charge in [-0.3, -0.25) is 4.79 Å². The van der Waals surface area contributed by atoms with E-state index < -0.39 is 29.9 Å². The van der Waals surface area contributed by atoms with E-state index in [2.05, 4.69) is 21.0 Å². The summed E-state index contributed by atoms with van der Waals surface area (Å²) >= 11 is 3.23. The van der Waals surface area contributed by atoms with Gasteiger partial charge < -0.3 is 5.11 Å². The first kappa shape index (κ1) is 17.6. The van der Waals surface area contributed by atoms with Gasteiger partial charge in [0.2, 0.25) is 0 Å². The number of hydrazone groups is 1. The average Bonchev–Trinajstić information content (AvgIpc) is 2.94. The Labute approximate surface area is 149 Å². The molecule has 0 spiro atoms. The van der Waals surface area contributed by atoms with Crippen molar-refractivity contribution in [2.75, 3.05) is 0 Å². The number of carbonyl (C=O) groups is 1. The highest BCUT2D eigenvalue weighted by Gasteiger charge is 2.53. The second-order valence-corrected chi connectivity index (χ2v) is 6.44. The van der Waals surface area contributed by atoms with Crippen LogP contribution in [0.25, 0.3) is 0 Å². The first-order chi connectivity index (χ1) is 11.7. The molecule has 2 aromatic carbocycles. The highest BCUT2D eigenvalue weighted by atomic mass is 79.9. The summed E-state index contributed by atoms with van der Waals surface area (Å²) in [5, 5.41) is 14.9. The number of halogens is 4. The molecule has 2 aromatic rings. The molecule has 1 atom stereocenters. The zero-order chi connectivity index (χ0) is 18.2. The molecule has 4 nitrogen and oxygen atoms in total. The molecule has 0 unspecified atom stereocenters. The minimum absolute atomic E-state index is 0.130. The number of alkyl halides is 3. The monoisotopic (exact) mass is 412 g/mol. The highest BCUT2D eigenvalue weighted by molar-refractivity contribution is 9.10. The van der Waals surface area contributed by atoms with Gasteiger partial charge in [0.15, 0.2) is 5.72 Å². The highest BCUT2D eigenvalue weighted by Crippen LogP contribution is 2.40. The van der Waals surface area contributed by atoms with E-state index >= 15 is 0 Å². The van der Waals surface area contributed by atoms with Gasteiger partial charge in [-0.25, -0.2) is 0 Å². The molecular formula is C17H12BrF3N2O2. The van der Waals surface area contributed by atoms with Gasteiger partial charge in [-0.05, 0) is 24.3 Å². The van der Waals surface area contributed by atoms with Crippen molar-refractivity contribution in [3.63, 3.8) is 0 Å². The molecule has 0 fully saturated rings. The topological polar surface area (TPSA) is 52.9 Å². The standard InChI is InChI=1S/C17H12BrF3N2O2/c18-13-8-6-12(7-9-13)16(25)10-14(17(19,20)21)22-23(16)15(24)11-4-2-1-3-5-11/h1-9,25H,10H2/t16-/m0/s1. The lowest BCUT2D eigenvalue weighted by atomic mass is 9.96. The zero-order valence-corrected chi connectivity index (χ0v) is 14.3. The van der Waals surface area contributed by atoms with Crippen LogP contribution >= 0.6 is 15.9 Å². The van der Waals surface area contributed by atoms with E-state index in [9.17, 15) is 23.1 Å². The van der Waals surface area contributed by atoms with Crippen LogP contribution in [0, 0.1) is 0 Å². The third-order valence-corrected chi connectivity index (χ3v) is 4.36. The minimum Gasteiger partial charge on any atom is -0.365 e. The number of aliphatic hydroxyl groups is 1. The van der Waals surface area contributed by atoms with Crippen LogP contribution < -0.4 is 0 Å². The van der Waals surface area contributed by atoms with Crippen LogP contribution in [0.1, 0.15) is 22.3 Å². The van der Waals surface area contributed by atoms with Gasteiger partial charge in [-0.2, -0.15) is 23.3 Å². The Morgan fingerprint density at radius 2 is 1.72 bits per heavy atom. The summed E-state index contributed by atoms with van der Waals surface area (Å²) in [6.45, 7) is 0. The molecule has 1 heterocycles. The van der Waals surface area contributed by atoms with E-state index in [-0.39, 0.29) is 11.1 Å². The molecule has 0 saturated carbocycles. The van der Waals surface area contributed by atoms with Crippen molar-refractivity contribution in [2.24, 2.45) is 5.10 Å². The molecular weight excluding hydrogens is 401 g/mol. The van der Waals surface area contributed by atoms with Crippen LogP contribution in [-0.2, 0) is 5.72 Å². The second-order valence-electron chi connectivity index (χ2n) is 5.53. The van der Waals surface area contributed by atoms with Crippen LogP contribution in [0.2, 0.25) is 0 Å². The molecule has 0 saturated heterocycles. The fourth-order valence-corrected chi connectivity index (χ4v) is 2.83. The van der Waals surface area contributed by atoms with E-state index in [0.717, 1.165) is 0 Å². The number of hydrogen-bond acceptors (Lipinski definition) is 3. The number of benzene rings is 2. The second kappa shape index (κ2) is 6.27. The fourth-order valence-electron chi connectivity index (χ4n) is 2.56. The maximum Gasteiger partial charge on any atom is 0.431 e. The molecule has 1 aliphatic heterocycles. The van der Waals surface area contributed by atoms with E-state index in [1.807, 2.05) is 0 Å². The quantitative estimate of drug-likeness (QED) is 0.808. The molecule has 1 N–H and O–H groups in total. The zero-order valence-electron chi connectivity index (χ0n) is 12.7. The van der Waals surface area contributed by atoms with Crippen molar-refractivity contribution in [1.29, 1.82) is 0 Å². The number of hydrogen-bond donors (Lipinski definition) is 1. The van der Waals surface area contributed by atoms with E-state index in [1.165, 1.54) is 24.3 Å². The van der Waals surface area contributed by atoms with Crippen molar-refractivity contribution in [3.8, 4) is 0 Å². The van der Waals surface area contributed by atoms with Gasteiger partial charge in [0, 0.05) is 15.6 Å². The Hall–Kier alpha value is -2.19. The van der Waals surface area contributed by atoms with Crippen LogP contribution in [0.3, 0.4) is 0 Å². The van der Waals surface area contributed by atoms with Crippen LogP contribution in [-0.4, -0.2) is 27.9 Å². The molecule has 3 rings (SSSR count). The molecule has 25 heavy (non-hydrogen) atoms. The largest absolute Gasteiger partial charge is 0.431 e. The molecule has 0 aromatic heterocycles. The summed E-state index contributed by atoms with van der Waals surface area (Å²) in [7, 11) is 0. The van der Waals surface area contributed by atoms with Crippen LogP contribution in [0.5, 0.6) is 0 Å². The summed E-state index contributed by atoms with van der Waals surface area (Å²) < 4.78 is 40.1. The molecule has 8 heteroatoms. The van der Waals surface area contributed by atoms with Crippen molar-refractivity contribution >= 4 is 27.5 Å². The summed E-state index contributed by atoms with van der Waals surface area (Å²) in [5.41, 5.74) is -3.14. The SMILES string of the molecule is O=C(c1ccccc1)N1N=C(C(F)(F)F)C[C@]1(O)c1ccc(Br)cc1. The van der Waals surface area contributed by atoms with Gasteiger partial charge in [-0.15, -0.1) is 0 Å². The fraction of sp³-hybridized carbons (Fsp3) is 0.176. The van der Waals surface area contributed by atoms with E-state index in [0.29, 0.717) is 9.48 Å². The van der Waals surface area contributed by atoms with Crippen molar-refractivity contribution in [2.45, 2.75) is 18.3 Å². The van der Waals surface area contributed by atoms with Gasteiger partial charge in [0.25, 0.3) is 5.91 Å². The molecule has 0 bridgehead atoms. The van der Waals surface area contributed by atoms with E-state index in [1.54, 1.807) is 30.3 Å². The number of rotatable bonds is 2. The number of carbonyl (C=O) groups excluding carboxylic acids is 1. The number of nitrogens with zero attached hydrogens (tertiary/aromatic N) is 2. The minimum atomic E-state index is -4.74. The Morgan fingerprint density at radius 1 is 1.12 bits per heavy atom. The Kier molecular flexibility index (Phi) is 4.42. The lowest BCUT2D eigenvalue weighted by molar-refractivity contribution is -0.0816. The summed E-state index contributed by atoms with van der Waals surface area (Å²) in [5.74, 6) is -0.815. The number of amides is 1. The lowest BCUT2D eigenvalue weighted by Crippen LogP contribution is -2.43. The van der Waals surface area contributed by atoms with E-state index in [4.69, 9.17) is 0 Å². The summed E-state index contributed by atoms with van der Waals surface area (Å²) in [6.07, 6.45) is -5.58. The third-order valence-electron chi connectivity index (χ3n) is 3.83. The van der Waals surface area contributed by atoms with Gasteiger partial charge in [0.05, 0.1) is 6.42 Å². The molecule has 0 radical (unpaired) electrons. The van der Waals surface area contributed by atoms with Gasteiger partial charge in [0.1, 0.15) is 5.71 Å². The van der Waals surface area contributed by atoms with Crippen molar-refractivity contribution < 1.29 is 23.1 Å². The Morgan fingerprint density at radius 3 is 2.28 bits per heavy atom. The summed E-state index contributed by atoms with van der Waals surface area (Å²) in [6, 6.07) is 13.8. The smallest absolute Gasteiger partial charge is 0.365 e.